The molecule has 0 radical (unpaired) electrons. The van der Waals surface area contributed by atoms with Crippen molar-refractivity contribution in [1.82, 2.24) is 20.1 Å². The van der Waals surface area contributed by atoms with E-state index in [4.69, 9.17) is 4.74 Å². The topological polar surface area (TPSA) is 52.0 Å². The van der Waals surface area contributed by atoms with Crippen molar-refractivity contribution < 1.29 is 4.74 Å². The first-order chi connectivity index (χ1) is 7.85. The summed E-state index contributed by atoms with van der Waals surface area (Å²) >= 11 is 0. The van der Waals surface area contributed by atoms with E-state index in [0.29, 0.717) is 12.1 Å². The predicted octanol–water partition coefficient (Wildman–Crippen LogP) is 0.607. The summed E-state index contributed by atoms with van der Waals surface area (Å²) in [7, 11) is 1.99. The van der Waals surface area contributed by atoms with Gasteiger partial charge in [-0.2, -0.15) is 5.10 Å². The van der Waals surface area contributed by atoms with E-state index in [2.05, 4.69) is 22.3 Å². The van der Waals surface area contributed by atoms with Gasteiger partial charge >= 0.3 is 0 Å². The zero-order chi connectivity index (χ0) is 11.4. The Morgan fingerprint density at radius 2 is 2.56 bits per heavy atom. The lowest BCUT2D eigenvalue weighted by Crippen LogP contribution is -2.39. The lowest BCUT2D eigenvalue weighted by atomic mass is 10.0. The summed E-state index contributed by atoms with van der Waals surface area (Å²) in [5, 5.41) is 7.51. The van der Waals surface area contributed by atoms with Gasteiger partial charge < -0.3 is 10.1 Å². The Hall–Kier alpha value is -0.940. The molecule has 2 heterocycles. The Morgan fingerprint density at radius 1 is 1.69 bits per heavy atom. The Morgan fingerprint density at radius 3 is 3.19 bits per heavy atom. The number of nitrogens with one attached hydrogen (secondary N) is 1. The van der Waals surface area contributed by atoms with Gasteiger partial charge in [-0.1, -0.05) is 0 Å². The van der Waals surface area contributed by atoms with Crippen LogP contribution in [-0.2, 0) is 17.7 Å². The van der Waals surface area contributed by atoms with Crippen molar-refractivity contribution >= 4 is 0 Å². The maximum absolute atomic E-state index is 5.71. The molecule has 5 heteroatoms. The van der Waals surface area contributed by atoms with Gasteiger partial charge in [0.2, 0.25) is 0 Å². The molecule has 0 aliphatic carbocycles. The molecule has 0 amide bonds. The van der Waals surface area contributed by atoms with Gasteiger partial charge in [0.1, 0.15) is 12.2 Å². The van der Waals surface area contributed by atoms with Gasteiger partial charge in [0.15, 0.2) is 0 Å². The van der Waals surface area contributed by atoms with E-state index in [1.165, 1.54) is 6.42 Å². The number of aryl methyl sites for hydroxylation is 1. The minimum atomic E-state index is 0.326. The minimum Gasteiger partial charge on any atom is -0.377 e. The van der Waals surface area contributed by atoms with E-state index in [-0.39, 0.29) is 0 Å². The second-order valence-electron chi connectivity index (χ2n) is 4.14. The maximum atomic E-state index is 5.71. The van der Waals surface area contributed by atoms with Gasteiger partial charge in [0.25, 0.3) is 0 Å². The fourth-order valence-corrected chi connectivity index (χ4v) is 2.25. The maximum Gasteiger partial charge on any atom is 0.138 e. The first kappa shape index (κ1) is 11.5. The summed E-state index contributed by atoms with van der Waals surface area (Å²) in [4.78, 5) is 4.30. The zero-order valence-corrected chi connectivity index (χ0v) is 10.0. The van der Waals surface area contributed by atoms with Crippen LogP contribution in [0.1, 0.15) is 25.6 Å². The van der Waals surface area contributed by atoms with Crippen molar-refractivity contribution in [3.63, 3.8) is 0 Å². The molecule has 2 unspecified atom stereocenters. The summed E-state index contributed by atoms with van der Waals surface area (Å²) in [6.45, 7) is 3.85. The van der Waals surface area contributed by atoms with Gasteiger partial charge in [-0.25, -0.2) is 4.98 Å². The third-order valence-electron chi connectivity index (χ3n) is 3.18. The van der Waals surface area contributed by atoms with Gasteiger partial charge in [-0.3, -0.25) is 4.68 Å². The number of ether oxygens (including phenoxy) is 1. The average molecular weight is 224 g/mol. The zero-order valence-electron chi connectivity index (χ0n) is 10.0. The highest BCUT2D eigenvalue weighted by atomic mass is 16.5. The summed E-state index contributed by atoms with van der Waals surface area (Å²) in [6, 6.07) is 0.344. The molecule has 1 aliphatic heterocycles. The smallest absolute Gasteiger partial charge is 0.138 e. The number of hydrogen-bond donors (Lipinski definition) is 1. The predicted molar refractivity (Wildman–Crippen MR) is 61.2 cm³/mol. The van der Waals surface area contributed by atoms with Gasteiger partial charge in [-0.15, -0.1) is 0 Å². The van der Waals surface area contributed by atoms with Crippen LogP contribution in [0.25, 0.3) is 0 Å². The number of aromatic nitrogens is 3. The molecule has 90 valence electrons. The lowest BCUT2D eigenvalue weighted by Gasteiger charge is -2.21. The average Bonchev–Trinajstić information content (AvgIpc) is 2.96. The van der Waals surface area contributed by atoms with Crippen molar-refractivity contribution in [2.24, 2.45) is 0 Å². The summed E-state index contributed by atoms with van der Waals surface area (Å²) in [6.07, 6.45) is 5.15. The normalized spacial score (nSPS) is 22.5. The van der Waals surface area contributed by atoms with E-state index in [1.807, 2.05) is 11.7 Å². The molecular formula is C11H20N4O. The molecule has 16 heavy (non-hydrogen) atoms. The van der Waals surface area contributed by atoms with Crippen LogP contribution in [-0.4, -0.2) is 40.6 Å². The molecule has 1 N–H and O–H groups in total. The lowest BCUT2D eigenvalue weighted by molar-refractivity contribution is 0.0799. The number of rotatable bonds is 5. The molecule has 0 saturated carbocycles. The molecule has 0 aromatic carbocycles. The van der Waals surface area contributed by atoms with Crippen molar-refractivity contribution in [2.75, 3.05) is 13.7 Å². The fraction of sp³-hybridized carbons (Fsp3) is 0.818. The first-order valence-corrected chi connectivity index (χ1v) is 6.00. The molecule has 0 spiro atoms. The van der Waals surface area contributed by atoms with Crippen molar-refractivity contribution in [3.8, 4) is 0 Å². The Kier molecular flexibility index (Phi) is 3.90. The van der Waals surface area contributed by atoms with Crippen LogP contribution >= 0.6 is 0 Å². The number of likely N-dealkylation sites (N-methyl/N-ethyl adjacent to an activating group) is 1. The molecule has 1 aromatic rings. The quantitative estimate of drug-likeness (QED) is 0.796. The van der Waals surface area contributed by atoms with E-state index >= 15 is 0 Å². The summed E-state index contributed by atoms with van der Waals surface area (Å²) < 4.78 is 7.65. The summed E-state index contributed by atoms with van der Waals surface area (Å²) in [5.74, 6) is 1.04. The first-order valence-electron chi connectivity index (χ1n) is 6.00. The third kappa shape index (κ3) is 2.41. The highest BCUT2D eigenvalue weighted by Gasteiger charge is 2.26. The van der Waals surface area contributed by atoms with Crippen molar-refractivity contribution in [3.05, 3.63) is 12.2 Å². The van der Waals surface area contributed by atoms with E-state index in [9.17, 15) is 0 Å². The van der Waals surface area contributed by atoms with Crippen LogP contribution in [0.5, 0.6) is 0 Å². The Bertz CT molecular complexity index is 320. The molecule has 1 aliphatic rings. The summed E-state index contributed by atoms with van der Waals surface area (Å²) in [5.41, 5.74) is 0. The van der Waals surface area contributed by atoms with Crippen LogP contribution < -0.4 is 5.32 Å². The second kappa shape index (κ2) is 5.41. The van der Waals surface area contributed by atoms with Crippen LogP contribution in [0.4, 0.5) is 0 Å². The largest absolute Gasteiger partial charge is 0.377 e. The van der Waals surface area contributed by atoms with E-state index < -0.39 is 0 Å². The number of hydrogen-bond acceptors (Lipinski definition) is 4. The van der Waals surface area contributed by atoms with Gasteiger partial charge in [-0.05, 0) is 26.8 Å². The molecule has 1 aromatic heterocycles. The molecular weight excluding hydrogens is 204 g/mol. The minimum absolute atomic E-state index is 0.326. The molecule has 2 atom stereocenters. The third-order valence-corrected chi connectivity index (χ3v) is 3.18. The number of nitrogens with zero attached hydrogens (tertiary/aromatic N) is 3. The van der Waals surface area contributed by atoms with Crippen LogP contribution in [0.3, 0.4) is 0 Å². The van der Waals surface area contributed by atoms with Crippen molar-refractivity contribution in [1.29, 1.82) is 0 Å². The van der Waals surface area contributed by atoms with Crippen molar-refractivity contribution in [2.45, 2.75) is 44.9 Å². The Labute approximate surface area is 96.2 Å². The van der Waals surface area contributed by atoms with Gasteiger partial charge in [0, 0.05) is 25.6 Å². The molecule has 0 bridgehead atoms. The monoisotopic (exact) mass is 224 g/mol. The highest BCUT2D eigenvalue weighted by Crippen LogP contribution is 2.17. The molecule has 1 fully saturated rings. The van der Waals surface area contributed by atoms with Crippen LogP contribution in [0.15, 0.2) is 6.33 Å². The standard InChI is InChI=1S/C11H20N4O/c1-3-15-11(13-8-14-15)7-9(12-2)10-5-4-6-16-10/h8-10,12H,3-7H2,1-2H3. The highest BCUT2D eigenvalue weighted by molar-refractivity contribution is 4.93. The van der Waals surface area contributed by atoms with Gasteiger partial charge in [0.05, 0.1) is 6.10 Å². The van der Waals surface area contributed by atoms with E-state index in [0.717, 1.165) is 31.8 Å². The van der Waals surface area contributed by atoms with Crippen LogP contribution in [0.2, 0.25) is 0 Å². The Balaban J connectivity index is 2.00. The molecule has 5 nitrogen and oxygen atoms in total. The molecule has 2 rings (SSSR count). The second-order valence-corrected chi connectivity index (χ2v) is 4.14. The van der Waals surface area contributed by atoms with Crippen LogP contribution in [0, 0.1) is 0 Å². The van der Waals surface area contributed by atoms with E-state index in [1.54, 1.807) is 6.33 Å². The SMILES string of the molecule is CCn1ncnc1CC(NC)C1CCCO1. The fourth-order valence-electron chi connectivity index (χ4n) is 2.25. The molecule has 1 saturated heterocycles.